The van der Waals surface area contributed by atoms with Crippen molar-refractivity contribution < 1.29 is 4.79 Å². The van der Waals surface area contributed by atoms with Gasteiger partial charge in [-0.1, -0.05) is 62.9 Å². The van der Waals surface area contributed by atoms with Gasteiger partial charge in [0, 0.05) is 16.1 Å². The van der Waals surface area contributed by atoms with Crippen LogP contribution in [0.25, 0.3) is 11.4 Å². The molecule has 0 saturated heterocycles. The van der Waals surface area contributed by atoms with Crippen LogP contribution in [0.4, 0.5) is 5.69 Å². The van der Waals surface area contributed by atoms with E-state index in [1.807, 2.05) is 42.7 Å². The number of carbonyl (C=O) groups excluding carboxylic acids is 1. The molecular formula is C21H25N5OS2. The molecular weight excluding hydrogens is 402 g/mol. The molecule has 0 aliphatic heterocycles. The number of rotatable bonds is 6. The van der Waals surface area contributed by atoms with Crippen molar-refractivity contribution in [3.8, 4) is 11.4 Å². The van der Waals surface area contributed by atoms with Gasteiger partial charge in [0.25, 0.3) is 0 Å². The summed E-state index contributed by atoms with van der Waals surface area (Å²) < 4.78 is 1.43. The molecule has 0 aliphatic carbocycles. The van der Waals surface area contributed by atoms with Gasteiger partial charge < -0.3 is 11.2 Å². The Morgan fingerprint density at radius 1 is 1.14 bits per heavy atom. The lowest BCUT2D eigenvalue weighted by Gasteiger charge is -2.19. The number of aromatic nitrogens is 3. The first-order valence-corrected chi connectivity index (χ1v) is 11.4. The van der Waals surface area contributed by atoms with E-state index in [0.717, 1.165) is 16.1 Å². The van der Waals surface area contributed by atoms with E-state index >= 15 is 0 Å². The molecule has 3 N–H and O–H groups in total. The van der Waals surface area contributed by atoms with Gasteiger partial charge >= 0.3 is 0 Å². The lowest BCUT2D eigenvalue weighted by molar-refractivity contribution is -0.113. The number of hydrogen-bond donors (Lipinski definition) is 2. The predicted octanol–water partition coefficient (Wildman–Crippen LogP) is 4.41. The monoisotopic (exact) mass is 427 g/mol. The smallest absolute Gasteiger partial charge is 0.234 e. The summed E-state index contributed by atoms with van der Waals surface area (Å²) in [6.07, 6.45) is 2.00. The number of nitrogens with two attached hydrogens (primary N) is 1. The summed E-state index contributed by atoms with van der Waals surface area (Å²) in [4.78, 5) is 13.4. The van der Waals surface area contributed by atoms with Crippen molar-refractivity contribution in [1.29, 1.82) is 0 Å². The van der Waals surface area contributed by atoms with Crippen molar-refractivity contribution in [3.63, 3.8) is 0 Å². The normalized spacial score (nSPS) is 11.4. The van der Waals surface area contributed by atoms with Gasteiger partial charge in [-0.2, -0.15) is 0 Å². The van der Waals surface area contributed by atoms with E-state index < -0.39 is 0 Å². The Kier molecular flexibility index (Phi) is 6.54. The molecule has 2 aromatic carbocycles. The molecule has 0 spiro atoms. The second kappa shape index (κ2) is 8.92. The lowest BCUT2D eigenvalue weighted by atomic mass is 9.87. The third-order valence-electron chi connectivity index (χ3n) is 4.36. The van der Waals surface area contributed by atoms with Crippen molar-refractivity contribution in [2.45, 2.75) is 36.2 Å². The van der Waals surface area contributed by atoms with E-state index in [9.17, 15) is 4.79 Å². The Bertz CT molecular complexity index is 993. The van der Waals surface area contributed by atoms with Crippen LogP contribution < -0.4 is 11.2 Å². The van der Waals surface area contributed by atoms with Gasteiger partial charge in [0.2, 0.25) is 11.1 Å². The molecule has 6 nitrogen and oxygen atoms in total. The molecule has 8 heteroatoms. The Labute approximate surface area is 179 Å². The van der Waals surface area contributed by atoms with Gasteiger partial charge in [0.05, 0.1) is 5.75 Å². The Morgan fingerprint density at radius 3 is 2.52 bits per heavy atom. The Hall–Kier alpha value is -2.45. The minimum Gasteiger partial charge on any atom is -0.335 e. The van der Waals surface area contributed by atoms with Gasteiger partial charge in [-0.05, 0) is 35.4 Å². The number of nitrogens with zero attached hydrogens (tertiary/aromatic N) is 3. The number of amides is 1. The van der Waals surface area contributed by atoms with Gasteiger partial charge in [-0.3, -0.25) is 4.79 Å². The van der Waals surface area contributed by atoms with Crippen LogP contribution in [-0.2, 0) is 10.2 Å². The predicted molar refractivity (Wildman–Crippen MR) is 122 cm³/mol. The number of nitrogens with one attached hydrogen (secondary N) is 1. The molecule has 0 bridgehead atoms. The molecule has 0 aliphatic rings. The number of anilines is 1. The number of nitrogen functional groups attached to an aromatic ring is 1. The van der Waals surface area contributed by atoms with Gasteiger partial charge in [-0.25, -0.2) is 4.68 Å². The quantitative estimate of drug-likeness (QED) is 0.448. The topological polar surface area (TPSA) is 85.8 Å². The Balaban J connectivity index is 1.64. The summed E-state index contributed by atoms with van der Waals surface area (Å²) >= 11 is 2.88. The zero-order valence-electron chi connectivity index (χ0n) is 17.0. The largest absolute Gasteiger partial charge is 0.335 e. The molecule has 3 rings (SSSR count). The molecule has 1 heterocycles. The van der Waals surface area contributed by atoms with Crippen LogP contribution in [0.15, 0.2) is 58.6 Å². The second-order valence-electron chi connectivity index (χ2n) is 7.57. The summed E-state index contributed by atoms with van der Waals surface area (Å²) in [5, 5.41) is 11.7. The van der Waals surface area contributed by atoms with Crippen LogP contribution >= 0.6 is 23.5 Å². The van der Waals surface area contributed by atoms with Crippen molar-refractivity contribution in [1.82, 2.24) is 14.9 Å². The first-order valence-electron chi connectivity index (χ1n) is 9.16. The van der Waals surface area contributed by atoms with E-state index in [1.165, 1.54) is 22.0 Å². The van der Waals surface area contributed by atoms with Crippen LogP contribution in [0.3, 0.4) is 0 Å². The van der Waals surface area contributed by atoms with Crippen LogP contribution in [0.1, 0.15) is 26.3 Å². The maximum Gasteiger partial charge on any atom is 0.234 e. The zero-order valence-corrected chi connectivity index (χ0v) is 18.6. The molecule has 0 saturated carbocycles. The molecule has 0 radical (unpaired) electrons. The van der Waals surface area contributed by atoms with E-state index in [1.54, 1.807) is 11.8 Å². The van der Waals surface area contributed by atoms with Gasteiger partial charge in [0.1, 0.15) is 0 Å². The highest BCUT2D eigenvalue weighted by molar-refractivity contribution is 7.99. The van der Waals surface area contributed by atoms with Crippen LogP contribution in [0, 0.1) is 0 Å². The van der Waals surface area contributed by atoms with Crippen molar-refractivity contribution in [3.05, 3.63) is 54.1 Å². The SMILES string of the molecule is CSc1cccc(NC(=O)CSc2nnc(-c3ccc(C(C)(C)C)cc3)n2N)c1. The fraction of sp³-hybridized carbons (Fsp3) is 0.286. The minimum atomic E-state index is -0.118. The van der Waals surface area contributed by atoms with Gasteiger partial charge in [-0.15, -0.1) is 22.0 Å². The molecule has 1 amide bonds. The summed E-state index contributed by atoms with van der Waals surface area (Å²) in [5.41, 5.74) is 2.98. The van der Waals surface area contributed by atoms with E-state index in [2.05, 4.69) is 48.4 Å². The number of benzene rings is 2. The van der Waals surface area contributed by atoms with E-state index in [0.29, 0.717) is 11.0 Å². The Morgan fingerprint density at radius 2 is 1.86 bits per heavy atom. The first kappa shape index (κ1) is 21.3. The number of thioether (sulfide) groups is 2. The summed E-state index contributed by atoms with van der Waals surface area (Å²) in [6, 6.07) is 15.9. The average Bonchev–Trinajstić information content (AvgIpc) is 3.06. The van der Waals surface area contributed by atoms with Crippen molar-refractivity contribution in [2.24, 2.45) is 0 Å². The van der Waals surface area contributed by atoms with Crippen LogP contribution in [0.5, 0.6) is 0 Å². The van der Waals surface area contributed by atoms with Crippen molar-refractivity contribution >= 4 is 35.1 Å². The highest BCUT2D eigenvalue weighted by Gasteiger charge is 2.16. The number of carbonyl (C=O) groups is 1. The maximum atomic E-state index is 12.3. The first-order chi connectivity index (χ1) is 13.8. The molecule has 0 fully saturated rings. The zero-order chi connectivity index (χ0) is 21.0. The van der Waals surface area contributed by atoms with E-state index in [-0.39, 0.29) is 17.1 Å². The summed E-state index contributed by atoms with van der Waals surface area (Å²) in [7, 11) is 0. The molecule has 152 valence electrons. The standard InChI is InChI=1S/C21H25N5OS2/c1-21(2,3)15-10-8-14(9-11-15)19-24-25-20(26(19)22)29-13-18(27)23-16-6-5-7-17(12-16)28-4/h5-12H,13,22H2,1-4H3,(H,23,27). The van der Waals surface area contributed by atoms with Crippen LogP contribution in [0.2, 0.25) is 0 Å². The molecule has 3 aromatic rings. The summed E-state index contributed by atoms with van der Waals surface area (Å²) in [6.45, 7) is 6.51. The van der Waals surface area contributed by atoms with E-state index in [4.69, 9.17) is 5.84 Å². The maximum absolute atomic E-state index is 12.3. The average molecular weight is 428 g/mol. The third kappa shape index (κ3) is 5.33. The fourth-order valence-corrected chi connectivity index (χ4v) is 3.84. The van der Waals surface area contributed by atoms with Crippen molar-refractivity contribution in [2.75, 3.05) is 23.2 Å². The molecule has 0 unspecified atom stereocenters. The molecule has 0 atom stereocenters. The highest BCUT2D eigenvalue weighted by Crippen LogP contribution is 2.26. The second-order valence-corrected chi connectivity index (χ2v) is 9.39. The summed E-state index contributed by atoms with van der Waals surface area (Å²) in [5.74, 6) is 6.82. The minimum absolute atomic E-state index is 0.0820. The highest BCUT2D eigenvalue weighted by atomic mass is 32.2. The third-order valence-corrected chi connectivity index (χ3v) is 6.03. The lowest BCUT2D eigenvalue weighted by Crippen LogP contribution is -2.16. The van der Waals surface area contributed by atoms with Crippen LogP contribution in [-0.4, -0.2) is 32.8 Å². The number of hydrogen-bond acceptors (Lipinski definition) is 6. The molecule has 1 aromatic heterocycles. The van der Waals surface area contributed by atoms with Gasteiger partial charge in [0.15, 0.2) is 5.82 Å². The molecule has 29 heavy (non-hydrogen) atoms. The fourth-order valence-electron chi connectivity index (χ4n) is 2.72.